The zero-order valence-electron chi connectivity index (χ0n) is 12.5. The van der Waals surface area contributed by atoms with Crippen LogP contribution in [0.25, 0.3) is 0 Å². The van der Waals surface area contributed by atoms with Crippen LogP contribution in [0.2, 0.25) is 0 Å². The van der Waals surface area contributed by atoms with Gasteiger partial charge in [0.2, 0.25) is 0 Å². The highest BCUT2D eigenvalue weighted by atomic mass is 32.2. The molecule has 6 heteroatoms. The molecule has 21 heavy (non-hydrogen) atoms. The van der Waals surface area contributed by atoms with Gasteiger partial charge in [-0.3, -0.25) is 4.79 Å². The van der Waals surface area contributed by atoms with Crippen LogP contribution in [-0.2, 0) is 11.3 Å². The third-order valence-corrected chi connectivity index (χ3v) is 4.21. The van der Waals surface area contributed by atoms with Crippen LogP contribution >= 0.6 is 11.8 Å². The second-order valence-corrected chi connectivity index (χ2v) is 6.10. The summed E-state index contributed by atoms with van der Waals surface area (Å²) in [5, 5.41) is 12.3. The molecule has 1 aliphatic heterocycles. The van der Waals surface area contributed by atoms with Crippen LogP contribution in [0.3, 0.4) is 0 Å². The Labute approximate surface area is 129 Å². The number of carboxylic acid groups (broad SMARTS) is 1. The number of benzene rings is 1. The van der Waals surface area contributed by atoms with E-state index in [1.807, 2.05) is 32.2 Å². The van der Waals surface area contributed by atoms with Gasteiger partial charge >= 0.3 is 5.97 Å². The number of rotatable bonds is 6. The number of hydrogen-bond acceptors (Lipinski definition) is 5. The molecule has 0 bridgehead atoms. The zero-order chi connectivity index (χ0) is 15.4. The van der Waals surface area contributed by atoms with Crippen molar-refractivity contribution in [2.45, 2.75) is 31.3 Å². The Balaban J connectivity index is 2.17. The molecule has 0 radical (unpaired) electrons. The summed E-state index contributed by atoms with van der Waals surface area (Å²) in [6.45, 7) is 5.38. The van der Waals surface area contributed by atoms with Crippen molar-refractivity contribution < 1.29 is 19.4 Å². The standard InChI is InChI=1S/C15H21NO4S/c1-9(2)14(15(17)18)16-8-10-6-11-12(7-13(10)21-3)20-5-4-19-11/h6-7,9,14,16H,4-5,8H2,1-3H3,(H,17,18). The molecule has 0 aliphatic carbocycles. The van der Waals surface area contributed by atoms with Gasteiger partial charge in [0.25, 0.3) is 0 Å². The minimum atomic E-state index is -0.826. The fourth-order valence-electron chi connectivity index (χ4n) is 2.27. The fraction of sp³-hybridized carbons (Fsp3) is 0.533. The van der Waals surface area contributed by atoms with Gasteiger partial charge in [0, 0.05) is 11.4 Å². The summed E-state index contributed by atoms with van der Waals surface area (Å²) >= 11 is 1.61. The quantitative estimate of drug-likeness (QED) is 0.786. The minimum absolute atomic E-state index is 0.0254. The summed E-state index contributed by atoms with van der Waals surface area (Å²) in [6.07, 6.45) is 1.99. The van der Waals surface area contributed by atoms with Crippen LogP contribution in [-0.4, -0.2) is 36.6 Å². The Bertz CT molecular complexity index is 519. The zero-order valence-corrected chi connectivity index (χ0v) is 13.3. The summed E-state index contributed by atoms with van der Waals surface area (Å²) in [7, 11) is 0. The Morgan fingerprint density at radius 2 is 1.95 bits per heavy atom. The number of aliphatic carboxylic acids is 1. The molecular formula is C15H21NO4S. The Morgan fingerprint density at radius 1 is 1.33 bits per heavy atom. The molecule has 116 valence electrons. The monoisotopic (exact) mass is 311 g/mol. The van der Waals surface area contributed by atoms with Gasteiger partial charge in [-0.2, -0.15) is 0 Å². The second-order valence-electron chi connectivity index (χ2n) is 5.25. The molecule has 1 aliphatic rings. The molecule has 0 saturated carbocycles. The molecule has 1 aromatic rings. The van der Waals surface area contributed by atoms with E-state index in [0.29, 0.717) is 19.8 Å². The minimum Gasteiger partial charge on any atom is -0.486 e. The summed E-state index contributed by atoms with van der Waals surface area (Å²) in [6, 6.07) is 3.33. The van der Waals surface area contributed by atoms with Crippen molar-refractivity contribution in [3.8, 4) is 11.5 Å². The van der Waals surface area contributed by atoms with Crippen molar-refractivity contribution >= 4 is 17.7 Å². The first kappa shape index (κ1) is 16.0. The highest BCUT2D eigenvalue weighted by Gasteiger charge is 2.22. The lowest BCUT2D eigenvalue weighted by Gasteiger charge is -2.22. The largest absolute Gasteiger partial charge is 0.486 e. The van der Waals surface area contributed by atoms with E-state index >= 15 is 0 Å². The first-order valence-electron chi connectivity index (χ1n) is 6.95. The van der Waals surface area contributed by atoms with E-state index < -0.39 is 12.0 Å². The number of carbonyl (C=O) groups is 1. The molecule has 0 amide bonds. The topological polar surface area (TPSA) is 67.8 Å². The molecule has 2 rings (SSSR count). The molecule has 2 N–H and O–H groups in total. The number of carboxylic acids is 1. The molecule has 1 atom stereocenters. The summed E-state index contributed by atoms with van der Waals surface area (Å²) in [5.41, 5.74) is 1.03. The van der Waals surface area contributed by atoms with Gasteiger partial charge in [0.1, 0.15) is 19.3 Å². The molecule has 0 spiro atoms. The average Bonchev–Trinajstić information content (AvgIpc) is 2.45. The smallest absolute Gasteiger partial charge is 0.320 e. The lowest BCUT2D eigenvalue weighted by molar-refractivity contribution is -0.140. The van der Waals surface area contributed by atoms with Gasteiger partial charge < -0.3 is 19.9 Å². The van der Waals surface area contributed by atoms with Crippen LogP contribution in [0, 0.1) is 5.92 Å². The van der Waals surface area contributed by atoms with Gasteiger partial charge in [0.05, 0.1) is 0 Å². The van der Waals surface area contributed by atoms with E-state index in [1.54, 1.807) is 11.8 Å². The van der Waals surface area contributed by atoms with Crippen LogP contribution in [0.15, 0.2) is 17.0 Å². The van der Waals surface area contributed by atoms with E-state index in [0.717, 1.165) is 22.0 Å². The van der Waals surface area contributed by atoms with Crippen molar-refractivity contribution in [1.29, 1.82) is 0 Å². The number of nitrogens with one attached hydrogen (secondary N) is 1. The van der Waals surface area contributed by atoms with Crippen molar-refractivity contribution in [2.24, 2.45) is 5.92 Å². The maximum atomic E-state index is 11.2. The summed E-state index contributed by atoms with van der Waals surface area (Å²) in [5.74, 6) is 0.686. The van der Waals surface area contributed by atoms with Crippen LogP contribution in [0.1, 0.15) is 19.4 Å². The third-order valence-electron chi connectivity index (χ3n) is 3.39. The van der Waals surface area contributed by atoms with Gasteiger partial charge in [-0.25, -0.2) is 0 Å². The first-order chi connectivity index (χ1) is 10.0. The van der Waals surface area contributed by atoms with Crippen molar-refractivity contribution in [3.05, 3.63) is 17.7 Å². The Hall–Kier alpha value is -1.40. The molecule has 5 nitrogen and oxygen atoms in total. The van der Waals surface area contributed by atoms with Crippen molar-refractivity contribution in [2.75, 3.05) is 19.5 Å². The van der Waals surface area contributed by atoms with Crippen molar-refractivity contribution in [3.63, 3.8) is 0 Å². The molecule has 1 heterocycles. The maximum Gasteiger partial charge on any atom is 0.320 e. The normalized spacial score (nSPS) is 15.0. The van der Waals surface area contributed by atoms with Crippen LogP contribution < -0.4 is 14.8 Å². The van der Waals surface area contributed by atoms with Crippen LogP contribution in [0.5, 0.6) is 11.5 Å². The Morgan fingerprint density at radius 3 is 2.48 bits per heavy atom. The SMILES string of the molecule is CSc1cc2c(cc1CNC(C(=O)O)C(C)C)OCCO2. The molecule has 0 aromatic heterocycles. The first-order valence-corrected chi connectivity index (χ1v) is 8.18. The molecule has 1 aromatic carbocycles. The molecule has 0 fully saturated rings. The number of hydrogen-bond donors (Lipinski definition) is 2. The van der Waals surface area contributed by atoms with E-state index in [9.17, 15) is 9.90 Å². The van der Waals surface area contributed by atoms with Gasteiger partial charge in [-0.1, -0.05) is 13.8 Å². The van der Waals surface area contributed by atoms with E-state index in [4.69, 9.17) is 9.47 Å². The van der Waals surface area contributed by atoms with Crippen LogP contribution in [0.4, 0.5) is 0 Å². The maximum absolute atomic E-state index is 11.2. The highest BCUT2D eigenvalue weighted by Crippen LogP contribution is 2.36. The molecule has 0 saturated heterocycles. The second kappa shape index (κ2) is 7.04. The molecule has 1 unspecified atom stereocenters. The summed E-state index contributed by atoms with van der Waals surface area (Å²) < 4.78 is 11.2. The van der Waals surface area contributed by atoms with Gasteiger partial charge in [0.15, 0.2) is 11.5 Å². The highest BCUT2D eigenvalue weighted by molar-refractivity contribution is 7.98. The van der Waals surface area contributed by atoms with Crippen molar-refractivity contribution in [1.82, 2.24) is 5.32 Å². The van der Waals surface area contributed by atoms with E-state index in [2.05, 4.69) is 5.32 Å². The van der Waals surface area contributed by atoms with Gasteiger partial charge in [-0.15, -0.1) is 11.8 Å². The lowest BCUT2D eigenvalue weighted by Crippen LogP contribution is -2.40. The number of ether oxygens (including phenoxy) is 2. The Kier molecular flexibility index (Phi) is 5.36. The average molecular weight is 311 g/mol. The number of fused-ring (bicyclic) bond motifs is 1. The van der Waals surface area contributed by atoms with E-state index in [1.165, 1.54) is 0 Å². The predicted molar refractivity (Wildman–Crippen MR) is 82.3 cm³/mol. The third kappa shape index (κ3) is 3.83. The predicted octanol–water partition coefficient (Wildman–Crippen LogP) is 2.38. The summed E-state index contributed by atoms with van der Waals surface area (Å²) in [4.78, 5) is 12.3. The van der Waals surface area contributed by atoms with Gasteiger partial charge in [-0.05, 0) is 29.9 Å². The number of thioether (sulfide) groups is 1. The van der Waals surface area contributed by atoms with E-state index in [-0.39, 0.29) is 5.92 Å². The molecular weight excluding hydrogens is 290 g/mol. The fourth-order valence-corrected chi connectivity index (χ4v) is 2.89. The lowest BCUT2D eigenvalue weighted by atomic mass is 10.0.